The fourth-order valence-electron chi connectivity index (χ4n) is 4.78. The molecule has 8 heteroatoms. The molecule has 2 fully saturated rings. The number of nitrogens with one attached hydrogen (secondary N) is 1. The molecule has 0 spiro atoms. The molecule has 0 bridgehead atoms. The molecule has 1 aromatic heterocycles. The summed E-state index contributed by atoms with van der Waals surface area (Å²) in [7, 11) is 0. The van der Waals surface area contributed by atoms with Gasteiger partial charge in [-0.15, -0.1) is 5.10 Å². The van der Waals surface area contributed by atoms with Gasteiger partial charge in [-0.1, -0.05) is 12.2 Å². The number of halogens is 1. The fraction of sp³-hybridized carbons (Fsp3) is 0.393. The highest BCUT2D eigenvalue weighted by atomic mass is 19.1. The molecule has 6 rings (SSSR count). The van der Waals surface area contributed by atoms with Crippen LogP contribution < -0.4 is 5.32 Å². The second kappa shape index (κ2) is 9.76. The molecule has 36 heavy (non-hydrogen) atoms. The van der Waals surface area contributed by atoms with Crippen molar-refractivity contribution in [2.24, 2.45) is 21.1 Å². The van der Waals surface area contributed by atoms with Gasteiger partial charge in [0.15, 0.2) is 0 Å². The monoisotopic (exact) mass is 484 g/mol. The number of allylic oxidation sites excluding steroid dienone is 6. The van der Waals surface area contributed by atoms with Gasteiger partial charge >= 0.3 is 0 Å². The number of rotatable bonds is 6. The lowest BCUT2D eigenvalue weighted by Gasteiger charge is -2.22. The van der Waals surface area contributed by atoms with Crippen molar-refractivity contribution in [3.05, 3.63) is 77.1 Å². The Morgan fingerprint density at radius 3 is 2.86 bits per heavy atom. The van der Waals surface area contributed by atoms with Gasteiger partial charge < -0.3 is 10.2 Å². The van der Waals surface area contributed by atoms with Gasteiger partial charge in [0.25, 0.3) is 5.91 Å². The Balaban J connectivity index is 1.17. The van der Waals surface area contributed by atoms with Crippen molar-refractivity contribution in [2.75, 3.05) is 13.1 Å². The Morgan fingerprint density at radius 2 is 2.03 bits per heavy atom. The molecule has 2 aliphatic heterocycles. The first kappa shape index (κ1) is 22.8. The van der Waals surface area contributed by atoms with Crippen molar-refractivity contribution in [3.63, 3.8) is 0 Å². The average Bonchev–Trinajstić information content (AvgIpc) is 3.78. The van der Waals surface area contributed by atoms with Gasteiger partial charge in [0.05, 0.1) is 12.3 Å². The van der Waals surface area contributed by atoms with E-state index in [1.807, 2.05) is 12.1 Å². The van der Waals surface area contributed by atoms with E-state index in [2.05, 4.69) is 37.6 Å². The van der Waals surface area contributed by atoms with Gasteiger partial charge in [-0.2, -0.15) is 5.10 Å². The summed E-state index contributed by atoms with van der Waals surface area (Å²) in [5.41, 5.74) is 4.46. The van der Waals surface area contributed by atoms with E-state index in [0.717, 1.165) is 42.7 Å². The zero-order chi connectivity index (χ0) is 24.5. The van der Waals surface area contributed by atoms with Crippen LogP contribution in [0.15, 0.2) is 81.0 Å². The van der Waals surface area contributed by atoms with Crippen molar-refractivity contribution in [1.29, 1.82) is 0 Å². The molecule has 2 saturated carbocycles. The van der Waals surface area contributed by atoms with E-state index in [1.54, 1.807) is 24.7 Å². The van der Waals surface area contributed by atoms with E-state index in [1.165, 1.54) is 24.6 Å². The van der Waals surface area contributed by atoms with Gasteiger partial charge in [-0.25, -0.2) is 4.39 Å². The normalized spacial score (nSPS) is 24.1. The summed E-state index contributed by atoms with van der Waals surface area (Å²) >= 11 is 0. The number of hydrogen-bond donors (Lipinski definition) is 1. The van der Waals surface area contributed by atoms with Crippen LogP contribution >= 0.6 is 0 Å². The summed E-state index contributed by atoms with van der Waals surface area (Å²) in [6, 6.07) is 4.29. The van der Waals surface area contributed by atoms with E-state index >= 15 is 0 Å². The molecular formula is C28H29FN6O. The maximum Gasteiger partial charge on any atom is 0.274 e. The topological polar surface area (TPSA) is 82.3 Å². The number of nitrogens with zero attached hydrogens (tertiary/aromatic N) is 5. The zero-order valence-electron chi connectivity index (χ0n) is 20.1. The third-order valence-corrected chi connectivity index (χ3v) is 7.13. The minimum atomic E-state index is -0.371. The molecule has 5 aliphatic rings. The Labute approximate surface area is 210 Å². The second-order valence-corrected chi connectivity index (χ2v) is 10.00. The number of amides is 1. The Kier molecular flexibility index (Phi) is 6.17. The second-order valence-electron chi connectivity index (χ2n) is 10.00. The number of hydrogen-bond acceptors (Lipinski definition) is 6. The molecule has 1 N–H and O–H groups in total. The predicted molar refractivity (Wildman–Crippen MR) is 139 cm³/mol. The van der Waals surface area contributed by atoms with Crippen molar-refractivity contribution in [2.45, 2.75) is 50.5 Å². The van der Waals surface area contributed by atoms with Crippen LogP contribution in [0, 0.1) is 5.92 Å². The number of pyridine rings is 1. The van der Waals surface area contributed by atoms with Crippen LogP contribution in [0.1, 0.15) is 60.5 Å². The van der Waals surface area contributed by atoms with E-state index in [-0.39, 0.29) is 24.1 Å². The van der Waals surface area contributed by atoms with Crippen LogP contribution in [0.2, 0.25) is 0 Å². The van der Waals surface area contributed by atoms with E-state index < -0.39 is 0 Å². The lowest BCUT2D eigenvalue weighted by molar-refractivity contribution is 0.0962. The van der Waals surface area contributed by atoms with Crippen molar-refractivity contribution in [3.8, 4) is 0 Å². The highest BCUT2D eigenvalue weighted by molar-refractivity contribution is 6.06. The molecule has 3 aliphatic carbocycles. The molecule has 7 nitrogen and oxygen atoms in total. The fourth-order valence-corrected chi connectivity index (χ4v) is 4.78. The first-order chi connectivity index (χ1) is 17.6. The summed E-state index contributed by atoms with van der Waals surface area (Å²) in [6.07, 6.45) is 18.5. The van der Waals surface area contributed by atoms with Crippen LogP contribution in [0.25, 0.3) is 0 Å². The van der Waals surface area contributed by atoms with Crippen LogP contribution in [0.3, 0.4) is 0 Å². The number of carbonyl (C=O) groups excluding carboxylic acids is 1. The van der Waals surface area contributed by atoms with Gasteiger partial charge in [0.1, 0.15) is 17.9 Å². The van der Waals surface area contributed by atoms with Gasteiger partial charge in [0, 0.05) is 48.4 Å². The largest absolute Gasteiger partial charge is 0.352 e. The van der Waals surface area contributed by atoms with Crippen molar-refractivity contribution in [1.82, 2.24) is 15.2 Å². The van der Waals surface area contributed by atoms with Crippen LogP contribution in [0.5, 0.6) is 0 Å². The first-order valence-corrected chi connectivity index (χ1v) is 12.8. The van der Waals surface area contributed by atoms with Crippen LogP contribution in [0.4, 0.5) is 4.39 Å². The van der Waals surface area contributed by atoms with E-state index in [4.69, 9.17) is 4.99 Å². The highest BCUT2D eigenvalue weighted by Gasteiger charge is 2.30. The molecule has 0 radical (unpaired) electrons. The van der Waals surface area contributed by atoms with E-state index in [0.29, 0.717) is 29.9 Å². The molecule has 1 aromatic rings. The number of aliphatic imine (C=N–C) groups is 1. The average molecular weight is 485 g/mol. The molecule has 1 amide bonds. The molecule has 0 aromatic carbocycles. The summed E-state index contributed by atoms with van der Waals surface area (Å²) in [5.74, 6) is 0.112. The third-order valence-electron chi connectivity index (χ3n) is 7.13. The molecule has 184 valence electrons. The zero-order valence-corrected chi connectivity index (χ0v) is 20.1. The minimum absolute atomic E-state index is 0.143. The standard InChI is InChI=1S/C28H29FN6O/c29-22-5-3-21(27-16-35(17-32-34-27)24-6-7-24)13-23(15-22)33-28(36)26-14-20(10-12-31-26)18-4-8-25(19-1-2-19)30-11-9-18/h3-4,8,10,12-15,17-19,24H,1-2,5-7,9,11,16H2,(H,33,36). The van der Waals surface area contributed by atoms with Crippen LogP contribution in [-0.2, 0) is 0 Å². The molecule has 1 unspecified atom stereocenters. The lowest BCUT2D eigenvalue weighted by Crippen LogP contribution is -2.33. The minimum Gasteiger partial charge on any atom is -0.352 e. The lowest BCUT2D eigenvalue weighted by atomic mass is 9.95. The summed E-state index contributed by atoms with van der Waals surface area (Å²) in [6.45, 7) is 1.41. The van der Waals surface area contributed by atoms with E-state index in [9.17, 15) is 9.18 Å². The molecule has 1 atom stereocenters. The Hall–Kier alpha value is -3.68. The quantitative estimate of drug-likeness (QED) is 0.639. The summed E-state index contributed by atoms with van der Waals surface area (Å²) < 4.78 is 14.5. The predicted octanol–water partition coefficient (Wildman–Crippen LogP) is 4.64. The van der Waals surface area contributed by atoms with Crippen LogP contribution in [-0.4, -0.2) is 52.7 Å². The smallest absolute Gasteiger partial charge is 0.274 e. The van der Waals surface area contributed by atoms with Crippen molar-refractivity contribution < 1.29 is 9.18 Å². The summed E-state index contributed by atoms with van der Waals surface area (Å²) in [4.78, 5) is 24.3. The highest BCUT2D eigenvalue weighted by Crippen LogP contribution is 2.33. The molecule has 0 saturated heterocycles. The maximum absolute atomic E-state index is 14.5. The first-order valence-electron chi connectivity index (χ1n) is 12.8. The maximum atomic E-state index is 14.5. The number of carbonyl (C=O) groups is 1. The Bertz CT molecular complexity index is 1280. The van der Waals surface area contributed by atoms with Gasteiger partial charge in [-0.3, -0.25) is 14.8 Å². The van der Waals surface area contributed by atoms with Gasteiger partial charge in [-0.05, 0) is 73.6 Å². The SMILES string of the molecule is O=C(NC1=CC(C2=NN=CN(C3CC3)C2)=CCC(F)=C1)c1cc(C2C=CC(C3CC3)=NCC2)ccn1. The third kappa shape index (κ3) is 5.27. The summed E-state index contributed by atoms with van der Waals surface area (Å²) in [5, 5.41) is 11.3. The number of aromatic nitrogens is 1. The van der Waals surface area contributed by atoms with Crippen molar-refractivity contribution >= 4 is 23.7 Å². The van der Waals surface area contributed by atoms with Gasteiger partial charge in [0.2, 0.25) is 0 Å². The molecular weight excluding hydrogens is 455 g/mol. The Morgan fingerprint density at radius 1 is 1.14 bits per heavy atom. The molecule has 3 heterocycles.